The zero-order valence-corrected chi connectivity index (χ0v) is 11.7. The van der Waals surface area contributed by atoms with E-state index in [2.05, 4.69) is 0 Å². The number of hydrogen-bond acceptors (Lipinski definition) is 4. The maximum absolute atomic E-state index is 10.9. The van der Waals surface area contributed by atoms with E-state index in [1.807, 2.05) is 0 Å². The van der Waals surface area contributed by atoms with E-state index in [9.17, 15) is 9.90 Å². The third kappa shape index (κ3) is 3.25. The minimum absolute atomic E-state index is 0.523. The van der Waals surface area contributed by atoms with Crippen molar-refractivity contribution >= 4 is 6.16 Å². The van der Waals surface area contributed by atoms with Gasteiger partial charge in [0.25, 0.3) is 0 Å². The van der Waals surface area contributed by atoms with Crippen molar-refractivity contribution in [3.05, 3.63) is 59.7 Å². The van der Waals surface area contributed by atoms with Crippen LogP contribution < -0.4 is 9.47 Å². The molecule has 0 aliphatic heterocycles. The van der Waals surface area contributed by atoms with Gasteiger partial charge in [-0.3, -0.25) is 0 Å². The van der Waals surface area contributed by atoms with Crippen LogP contribution in [0.2, 0.25) is 0 Å². The SMILES string of the molecule is COc1ccccc1C(OC([O])=O)c1ccccc1OC. The first-order chi connectivity index (χ1) is 10.2. The molecule has 21 heavy (non-hydrogen) atoms. The van der Waals surface area contributed by atoms with E-state index in [-0.39, 0.29) is 0 Å². The van der Waals surface area contributed by atoms with Crippen molar-refractivity contribution in [2.45, 2.75) is 6.10 Å². The lowest BCUT2D eigenvalue weighted by atomic mass is 9.99. The van der Waals surface area contributed by atoms with Gasteiger partial charge >= 0.3 is 6.16 Å². The Morgan fingerprint density at radius 3 is 1.67 bits per heavy atom. The van der Waals surface area contributed by atoms with E-state index in [0.717, 1.165) is 0 Å². The van der Waals surface area contributed by atoms with Crippen molar-refractivity contribution < 1.29 is 24.1 Å². The van der Waals surface area contributed by atoms with Crippen LogP contribution in [0.25, 0.3) is 0 Å². The van der Waals surface area contributed by atoms with Gasteiger partial charge in [-0.25, -0.2) is 0 Å². The van der Waals surface area contributed by atoms with Crippen molar-refractivity contribution in [2.75, 3.05) is 14.2 Å². The molecule has 5 nitrogen and oxygen atoms in total. The first-order valence-electron chi connectivity index (χ1n) is 6.30. The molecule has 2 aromatic carbocycles. The average Bonchev–Trinajstić information content (AvgIpc) is 2.52. The van der Waals surface area contributed by atoms with Crippen LogP contribution in [0.4, 0.5) is 4.79 Å². The Hall–Kier alpha value is -2.69. The summed E-state index contributed by atoms with van der Waals surface area (Å²) in [4.78, 5) is 10.9. The second-order valence-corrected chi connectivity index (χ2v) is 4.23. The number of carbonyl (C=O) groups is 1. The van der Waals surface area contributed by atoms with Crippen LogP contribution in [0.1, 0.15) is 17.2 Å². The molecule has 1 radical (unpaired) electrons. The summed E-state index contributed by atoms with van der Waals surface area (Å²) in [5.41, 5.74) is 1.16. The fourth-order valence-corrected chi connectivity index (χ4v) is 2.16. The molecule has 0 aromatic heterocycles. The fraction of sp³-hybridized carbons (Fsp3) is 0.188. The maximum atomic E-state index is 10.9. The van der Waals surface area contributed by atoms with Gasteiger partial charge in [0.05, 0.1) is 14.2 Å². The van der Waals surface area contributed by atoms with E-state index in [1.54, 1.807) is 48.5 Å². The molecule has 0 atom stereocenters. The predicted octanol–water partition coefficient (Wildman–Crippen LogP) is 3.36. The quantitative estimate of drug-likeness (QED) is 0.791. The van der Waals surface area contributed by atoms with Gasteiger partial charge in [-0.15, -0.1) is 0 Å². The molecule has 0 aliphatic rings. The Bertz CT molecular complexity index is 576. The molecule has 0 saturated carbocycles. The average molecular weight is 287 g/mol. The molecule has 2 rings (SSSR count). The first-order valence-corrected chi connectivity index (χ1v) is 6.30. The highest BCUT2D eigenvalue weighted by Gasteiger charge is 2.25. The molecule has 0 fully saturated rings. The smallest absolute Gasteiger partial charge is 0.496 e. The summed E-state index contributed by atoms with van der Waals surface area (Å²) in [6.07, 6.45) is -2.50. The molecule has 0 saturated heterocycles. The van der Waals surface area contributed by atoms with Gasteiger partial charge in [-0.05, 0) is 12.1 Å². The molecule has 2 aromatic rings. The molecular weight excluding hydrogens is 272 g/mol. The second-order valence-electron chi connectivity index (χ2n) is 4.23. The number of carbonyl (C=O) groups excluding carboxylic acids is 1. The topological polar surface area (TPSA) is 64.7 Å². The van der Waals surface area contributed by atoms with Gasteiger partial charge < -0.3 is 14.2 Å². The number of rotatable bonds is 5. The highest BCUT2D eigenvalue weighted by atomic mass is 16.7. The van der Waals surface area contributed by atoms with Crippen molar-refractivity contribution in [2.24, 2.45) is 0 Å². The van der Waals surface area contributed by atoms with Crippen LogP contribution in [0.3, 0.4) is 0 Å². The lowest BCUT2D eigenvalue weighted by molar-refractivity contribution is 0.0435. The summed E-state index contributed by atoms with van der Waals surface area (Å²) in [7, 11) is 3.02. The molecule has 0 bridgehead atoms. The Balaban J connectivity index is 2.55. The standard InChI is InChI=1S/C16H15O5/c1-19-13-9-5-3-7-11(13)15(21-16(17)18)12-8-4-6-10-14(12)20-2/h3-10,15H,1-2H3. The number of ether oxygens (including phenoxy) is 3. The number of hydrogen-bond donors (Lipinski definition) is 0. The van der Waals surface area contributed by atoms with Gasteiger partial charge in [-0.1, -0.05) is 36.4 Å². The monoisotopic (exact) mass is 287 g/mol. The van der Waals surface area contributed by atoms with Crippen molar-refractivity contribution in [1.82, 2.24) is 0 Å². The third-order valence-corrected chi connectivity index (χ3v) is 3.06. The van der Waals surface area contributed by atoms with Crippen LogP contribution in [-0.2, 0) is 9.84 Å². The summed E-state index contributed by atoms with van der Waals surface area (Å²) >= 11 is 0. The zero-order valence-electron chi connectivity index (χ0n) is 11.7. The van der Waals surface area contributed by atoms with Crippen LogP contribution >= 0.6 is 0 Å². The molecule has 0 spiro atoms. The Morgan fingerprint density at radius 1 is 0.857 bits per heavy atom. The van der Waals surface area contributed by atoms with Crippen LogP contribution in [0.15, 0.2) is 48.5 Å². The lowest BCUT2D eigenvalue weighted by Gasteiger charge is -2.20. The molecule has 109 valence electrons. The van der Waals surface area contributed by atoms with Crippen LogP contribution in [-0.4, -0.2) is 20.4 Å². The molecule has 5 heteroatoms. The molecule has 0 amide bonds. The third-order valence-electron chi connectivity index (χ3n) is 3.06. The van der Waals surface area contributed by atoms with E-state index >= 15 is 0 Å². The van der Waals surface area contributed by atoms with Gasteiger partial charge in [0.2, 0.25) is 0 Å². The minimum Gasteiger partial charge on any atom is -0.496 e. The maximum Gasteiger partial charge on any atom is 0.550 e. The summed E-state index contributed by atoms with van der Waals surface area (Å²) < 4.78 is 15.5. The Kier molecular flexibility index (Phi) is 4.66. The second kappa shape index (κ2) is 6.65. The van der Waals surface area contributed by atoms with E-state index in [0.29, 0.717) is 22.6 Å². The molecule has 0 N–H and O–H groups in total. The highest BCUT2D eigenvalue weighted by molar-refractivity contribution is 5.59. The zero-order chi connectivity index (χ0) is 15.2. The number of para-hydroxylation sites is 2. The molecular formula is C16H15O5. The van der Waals surface area contributed by atoms with E-state index in [4.69, 9.17) is 14.2 Å². The molecule has 0 aliphatic carbocycles. The van der Waals surface area contributed by atoms with Crippen molar-refractivity contribution in [3.8, 4) is 11.5 Å². The molecule has 0 heterocycles. The summed E-state index contributed by atoms with van der Waals surface area (Å²) in [6, 6.07) is 14.1. The summed E-state index contributed by atoms with van der Waals surface area (Å²) in [5, 5.41) is 10.9. The van der Waals surface area contributed by atoms with Gasteiger partial charge in [0.1, 0.15) is 11.5 Å². The van der Waals surface area contributed by atoms with Gasteiger partial charge in [0.15, 0.2) is 6.10 Å². The summed E-state index contributed by atoms with van der Waals surface area (Å²) in [6.45, 7) is 0. The predicted molar refractivity (Wildman–Crippen MR) is 75.0 cm³/mol. The summed E-state index contributed by atoms with van der Waals surface area (Å²) in [5.74, 6) is 1.05. The van der Waals surface area contributed by atoms with Crippen LogP contribution in [0.5, 0.6) is 11.5 Å². The first kappa shape index (κ1) is 14.7. The van der Waals surface area contributed by atoms with Crippen LogP contribution in [0, 0.1) is 0 Å². The largest absolute Gasteiger partial charge is 0.550 e. The van der Waals surface area contributed by atoms with E-state index < -0.39 is 12.3 Å². The minimum atomic E-state index is -1.61. The fourth-order valence-electron chi connectivity index (χ4n) is 2.16. The lowest BCUT2D eigenvalue weighted by Crippen LogP contribution is -2.12. The van der Waals surface area contributed by atoms with Crippen molar-refractivity contribution in [3.63, 3.8) is 0 Å². The van der Waals surface area contributed by atoms with Crippen molar-refractivity contribution in [1.29, 1.82) is 0 Å². The normalized spacial score (nSPS) is 10.2. The number of methoxy groups -OCH3 is 2. The van der Waals surface area contributed by atoms with Gasteiger partial charge in [0, 0.05) is 11.1 Å². The number of benzene rings is 2. The Morgan fingerprint density at radius 2 is 1.29 bits per heavy atom. The molecule has 0 unspecified atom stereocenters. The Labute approximate surface area is 122 Å². The van der Waals surface area contributed by atoms with Gasteiger partial charge in [-0.2, -0.15) is 9.90 Å². The van der Waals surface area contributed by atoms with E-state index in [1.165, 1.54) is 14.2 Å². The highest BCUT2D eigenvalue weighted by Crippen LogP contribution is 2.37.